The van der Waals surface area contributed by atoms with Gasteiger partial charge in [-0.15, -0.1) is 11.3 Å². The predicted molar refractivity (Wildman–Crippen MR) is 57.8 cm³/mol. The van der Waals surface area contributed by atoms with Crippen molar-refractivity contribution in [2.24, 2.45) is 11.7 Å². The van der Waals surface area contributed by atoms with Gasteiger partial charge in [-0.2, -0.15) is 0 Å². The van der Waals surface area contributed by atoms with Crippen LogP contribution in [-0.4, -0.2) is 25.1 Å². The Balaban J connectivity index is 2.84. The average Bonchev–Trinajstić information content (AvgIpc) is 2.81. The summed E-state index contributed by atoms with van der Waals surface area (Å²) in [7, 11) is 1.11. The SMILES string of the molecule is COC(=O)C(C=O)C(=O)C(N)c1cccs1. The Hall–Kier alpha value is -1.53. The maximum atomic E-state index is 11.7. The van der Waals surface area contributed by atoms with E-state index in [2.05, 4.69) is 4.74 Å². The Kier molecular flexibility index (Phi) is 4.33. The number of aldehydes is 1. The van der Waals surface area contributed by atoms with Gasteiger partial charge in [-0.3, -0.25) is 9.59 Å². The summed E-state index contributed by atoms with van der Waals surface area (Å²) in [4.78, 5) is 34.1. The molecule has 0 bridgehead atoms. The number of ether oxygens (including phenoxy) is 1. The molecule has 1 aromatic rings. The van der Waals surface area contributed by atoms with Gasteiger partial charge in [0.05, 0.1) is 13.2 Å². The van der Waals surface area contributed by atoms with Crippen molar-refractivity contribution < 1.29 is 19.1 Å². The molecule has 0 aliphatic carbocycles. The molecule has 1 aromatic heterocycles. The molecule has 2 N–H and O–H groups in total. The van der Waals surface area contributed by atoms with Crippen LogP contribution in [0.1, 0.15) is 10.9 Å². The number of thiophene rings is 1. The van der Waals surface area contributed by atoms with Gasteiger partial charge in [-0.05, 0) is 11.4 Å². The number of Topliss-reactive ketones (excluding diaryl/α,β-unsaturated/α-hetero) is 1. The normalized spacial score (nSPS) is 13.9. The van der Waals surface area contributed by atoms with E-state index in [-0.39, 0.29) is 6.29 Å². The van der Waals surface area contributed by atoms with Crippen molar-refractivity contribution >= 4 is 29.4 Å². The Morgan fingerprint density at radius 1 is 1.56 bits per heavy atom. The number of methoxy groups -OCH3 is 1. The van der Waals surface area contributed by atoms with Gasteiger partial charge in [0.15, 0.2) is 11.7 Å². The molecule has 6 heteroatoms. The largest absolute Gasteiger partial charge is 0.468 e. The summed E-state index contributed by atoms with van der Waals surface area (Å²) in [5, 5.41) is 1.76. The molecule has 0 amide bonds. The van der Waals surface area contributed by atoms with E-state index in [0.29, 0.717) is 4.88 Å². The zero-order valence-corrected chi connectivity index (χ0v) is 9.40. The topological polar surface area (TPSA) is 86.5 Å². The average molecular weight is 241 g/mol. The first-order valence-corrected chi connectivity index (χ1v) is 5.35. The van der Waals surface area contributed by atoms with Crippen LogP contribution in [0.25, 0.3) is 0 Å². The molecule has 0 radical (unpaired) electrons. The standard InChI is InChI=1S/C10H11NO4S/c1-15-10(14)6(5-12)9(13)8(11)7-3-2-4-16-7/h2-6,8H,11H2,1H3. The Bertz CT molecular complexity index is 388. The number of esters is 1. The van der Waals surface area contributed by atoms with Crippen LogP contribution in [0, 0.1) is 5.92 Å². The lowest BCUT2D eigenvalue weighted by Gasteiger charge is -2.12. The molecule has 0 aliphatic rings. The molecule has 5 nitrogen and oxygen atoms in total. The minimum Gasteiger partial charge on any atom is -0.468 e. The van der Waals surface area contributed by atoms with Crippen molar-refractivity contribution in [1.29, 1.82) is 0 Å². The highest BCUT2D eigenvalue weighted by Gasteiger charge is 2.32. The minimum absolute atomic E-state index is 0.252. The highest BCUT2D eigenvalue weighted by molar-refractivity contribution is 7.10. The number of carbonyl (C=O) groups is 3. The number of ketones is 1. The first-order chi connectivity index (χ1) is 7.61. The molecule has 86 valence electrons. The molecule has 0 saturated heterocycles. The molecule has 2 atom stereocenters. The second kappa shape index (κ2) is 5.53. The molecule has 0 fully saturated rings. The van der Waals surface area contributed by atoms with Gasteiger partial charge >= 0.3 is 5.97 Å². The molecular weight excluding hydrogens is 230 g/mol. The van der Waals surface area contributed by atoms with Crippen LogP contribution in [0.3, 0.4) is 0 Å². The van der Waals surface area contributed by atoms with Gasteiger partial charge < -0.3 is 15.3 Å². The number of hydrogen-bond acceptors (Lipinski definition) is 6. The number of carbonyl (C=O) groups excluding carboxylic acids is 3. The van der Waals surface area contributed by atoms with Crippen LogP contribution in [0.2, 0.25) is 0 Å². The molecule has 0 saturated carbocycles. The van der Waals surface area contributed by atoms with Crippen LogP contribution < -0.4 is 5.73 Å². The van der Waals surface area contributed by atoms with Crippen LogP contribution >= 0.6 is 11.3 Å². The molecule has 1 rings (SSSR count). The van der Waals surface area contributed by atoms with Crippen LogP contribution in [0.5, 0.6) is 0 Å². The first-order valence-electron chi connectivity index (χ1n) is 4.47. The molecule has 1 heterocycles. The summed E-state index contributed by atoms with van der Waals surface area (Å²) in [5.41, 5.74) is 5.65. The summed E-state index contributed by atoms with van der Waals surface area (Å²) in [5.74, 6) is -2.97. The summed E-state index contributed by atoms with van der Waals surface area (Å²) in [6.45, 7) is 0. The minimum atomic E-state index is -1.44. The van der Waals surface area contributed by atoms with Gasteiger partial charge in [0.25, 0.3) is 0 Å². The lowest BCUT2D eigenvalue weighted by Crippen LogP contribution is -2.34. The zero-order chi connectivity index (χ0) is 12.1. The van der Waals surface area contributed by atoms with Crippen molar-refractivity contribution in [2.75, 3.05) is 7.11 Å². The summed E-state index contributed by atoms with van der Waals surface area (Å²) < 4.78 is 4.35. The van der Waals surface area contributed by atoms with E-state index >= 15 is 0 Å². The van der Waals surface area contributed by atoms with Gasteiger partial charge in [0.1, 0.15) is 6.29 Å². The fourth-order valence-corrected chi connectivity index (χ4v) is 1.90. The predicted octanol–water partition coefficient (Wildman–Crippen LogP) is 0.305. The smallest absolute Gasteiger partial charge is 0.323 e. The van der Waals surface area contributed by atoms with Crippen molar-refractivity contribution in [3.63, 3.8) is 0 Å². The lowest BCUT2D eigenvalue weighted by atomic mass is 9.99. The number of nitrogens with two attached hydrogens (primary N) is 1. The summed E-state index contributed by atoms with van der Waals surface area (Å²) in [6.07, 6.45) is 0.252. The van der Waals surface area contributed by atoms with Gasteiger partial charge in [0.2, 0.25) is 0 Å². The zero-order valence-electron chi connectivity index (χ0n) is 8.58. The van der Waals surface area contributed by atoms with E-state index in [1.807, 2.05) is 0 Å². The van der Waals surface area contributed by atoms with Gasteiger partial charge in [0, 0.05) is 4.88 Å². The van der Waals surface area contributed by atoms with Crippen LogP contribution in [0.4, 0.5) is 0 Å². The third kappa shape index (κ3) is 2.53. The lowest BCUT2D eigenvalue weighted by molar-refractivity contribution is -0.150. The van der Waals surface area contributed by atoms with E-state index in [0.717, 1.165) is 7.11 Å². The highest BCUT2D eigenvalue weighted by Crippen LogP contribution is 2.20. The fraction of sp³-hybridized carbons (Fsp3) is 0.300. The quantitative estimate of drug-likeness (QED) is 0.455. The highest BCUT2D eigenvalue weighted by atomic mass is 32.1. The second-order valence-electron chi connectivity index (χ2n) is 3.03. The molecule has 0 spiro atoms. The molecule has 16 heavy (non-hydrogen) atoms. The first kappa shape index (κ1) is 12.5. The van der Waals surface area contributed by atoms with E-state index in [1.165, 1.54) is 11.3 Å². The molecule has 2 unspecified atom stereocenters. The van der Waals surface area contributed by atoms with E-state index in [9.17, 15) is 14.4 Å². The van der Waals surface area contributed by atoms with Gasteiger partial charge in [-0.1, -0.05) is 6.07 Å². The number of rotatable bonds is 5. The Morgan fingerprint density at radius 3 is 2.69 bits per heavy atom. The number of hydrogen-bond donors (Lipinski definition) is 1. The van der Waals surface area contributed by atoms with Crippen molar-refractivity contribution in [3.8, 4) is 0 Å². The summed E-state index contributed by atoms with van der Waals surface area (Å²) >= 11 is 1.29. The Labute approximate surface area is 96.2 Å². The maximum Gasteiger partial charge on any atom is 0.323 e. The van der Waals surface area contributed by atoms with Crippen LogP contribution in [-0.2, 0) is 19.1 Å². The maximum absolute atomic E-state index is 11.7. The second-order valence-corrected chi connectivity index (χ2v) is 4.01. The fourth-order valence-electron chi connectivity index (χ4n) is 1.17. The molecule has 0 aromatic carbocycles. The summed E-state index contributed by atoms with van der Waals surface area (Å²) in [6, 6.07) is 2.45. The van der Waals surface area contributed by atoms with Crippen molar-refractivity contribution in [1.82, 2.24) is 0 Å². The Morgan fingerprint density at radius 2 is 2.25 bits per heavy atom. The van der Waals surface area contributed by atoms with Crippen molar-refractivity contribution in [2.45, 2.75) is 6.04 Å². The van der Waals surface area contributed by atoms with Crippen LogP contribution in [0.15, 0.2) is 17.5 Å². The van der Waals surface area contributed by atoms with E-state index < -0.39 is 23.7 Å². The third-order valence-corrected chi connectivity index (χ3v) is 3.01. The monoisotopic (exact) mass is 241 g/mol. The van der Waals surface area contributed by atoms with Gasteiger partial charge in [-0.25, -0.2) is 0 Å². The molecule has 0 aliphatic heterocycles. The van der Waals surface area contributed by atoms with E-state index in [1.54, 1.807) is 17.5 Å². The van der Waals surface area contributed by atoms with E-state index in [4.69, 9.17) is 5.73 Å². The molecular formula is C10H11NO4S. The third-order valence-electron chi connectivity index (χ3n) is 2.05. The van der Waals surface area contributed by atoms with Crippen molar-refractivity contribution in [3.05, 3.63) is 22.4 Å².